The monoisotopic (exact) mass is 259 g/mol. The first-order chi connectivity index (χ1) is 9.11. The van der Waals surface area contributed by atoms with Gasteiger partial charge >= 0.3 is 0 Å². The minimum Gasteiger partial charge on any atom is -0.366 e. The molecule has 19 heavy (non-hydrogen) atoms. The summed E-state index contributed by atoms with van der Waals surface area (Å²) in [6.45, 7) is 2.82. The van der Waals surface area contributed by atoms with Gasteiger partial charge in [-0.15, -0.1) is 0 Å². The van der Waals surface area contributed by atoms with Crippen molar-refractivity contribution in [3.63, 3.8) is 0 Å². The number of aryl methyl sites for hydroxylation is 1. The zero-order valence-electron chi connectivity index (χ0n) is 11.7. The number of imidazole rings is 1. The molecule has 0 fully saturated rings. The van der Waals surface area contributed by atoms with Gasteiger partial charge in [0, 0.05) is 32.5 Å². The average molecular weight is 259 g/mol. The van der Waals surface area contributed by atoms with Crippen molar-refractivity contribution in [2.75, 3.05) is 11.9 Å². The Morgan fingerprint density at radius 1 is 1.37 bits per heavy atom. The lowest BCUT2D eigenvalue weighted by Gasteiger charge is -2.19. The van der Waals surface area contributed by atoms with Gasteiger partial charge in [0.05, 0.1) is 24.1 Å². The number of aromatic nitrogens is 3. The normalized spacial score (nSPS) is 12.4. The molecule has 0 aromatic carbocycles. The molecule has 2 heterocycles. The first-order valence-electron chi connectivity index (χ1n) is 6.50. The van der Waals surface area contributed by atoms with Crippen LogP contribution in [0.15, 0.2) is 30.7 Å². The fourth-order valence-electron chi connectivity index (χ4n) is 1.90. The fourth-order valence-corrected chi connectivity index (χ4v) is 1.90. The predicted molar refractivity (Wildman–Crippen MR) is 76.8 cm³/mol. The van der Waals surface area contributed by atoms with Gasteiger partial charge in [-0.1, -0.05) is 6.92 Å². The third-order valence-corrected chi connectivity index (χ3v) is 3.33. The van der Waals surface area contributed by atoms with Gasteiger partial charge in [-0.25, -0.2) is 4.98 Å². The van der Waals surface area contributed by atoms with Crippen molar-refractivity contribution in [1.29, 1.82) is 0 Å². The lowest BCUT2D eigenvalue weighted by Crippen LogP contribution is -2.19. The Hall–Kier alpha value is -1.88. The van der Waals surface area contributed by atoms with Gasteiger partial charge in [0.1, 0.15) is 5.82 Å². The van der Waals surface area contributed by atoms with Gasteiger partial charge in [-0.3, -0.25) is 4.98 Å². The zero-order valence-corrected chi connectivity index (χ0v) is 11.7. The molecule has 0 saturated carbocycles. The van der Waals surface area contributed by atoms with Crippen molar-refractivity contribution < 1.29 is 0 Å². The molecule has 102 valence electrons. The summed E-state index contributed by atoms with van der Waals surface area (Å²) in [7, 11) is 4.03. The van der Waals surface area contributed by atoms with E-state index in [0.717, 1.165) is 30.2 Å². The van der Waals surface area contributed by atoms with Crippen molar-refractivity contribution >= 4 is 5.69 Å². The number of nitrogens with zero attached hydrogens (tertiary/aromatic N) is 4. The summed E-state index contributed by atoms with van der Waals surface area (Å²) in [6, 6.07) is 4.08. The molecule has 2 aromatic heterocycles. The van der Waals surface area contributed by atoms with E-state index in [9.17, 15) is 0 Å². The molecule has 2 rings (SSSR count). The fraction of sp³-hybridized carbons (Fsp3) is 0.429. The predicted octanol–water partition coefficient (Wildman–Crippen LogP) is 1.86. The number of pyridine rings is 1. The molecule has 0 saturated heterocycles. The Morgan fingerprint density at radius 2 is 2.16 bits per heavy atom. The van der Waals surface area contributed by atoms with Crippen LogP contribution >= 0.6 is 0 Å². The quantitative estimate of drug-likeness (QED) is 0.890. The van der Waals surface area contributed by atoms with E-state index in [1.807, 2.05) is 43.3 Å². The molecule has 0 bridgehead atoms. The van der Waals surface area contributed by atoms with Crippen LogP contribution in [0.5, 0.6) is 0 Å². The molecule has 0 spiro atoms. The van der Waals surface area contributed by atoms with Crippen molar-refractivity contribution in [3.8, 4) is 0 Å². The Balaban J connectivity index is 2.07. The van der Waals surface area contributed by atoms with Gasteiger partial charge in [0.15, 0.2) is 0 Å². The lowest BCUT2D eigenvalue weighted by atomic mass is 10.1. The summed E-state index contributed by atoms with van der Waals surface area (Å²) in [5.41, 5.74) is 7.97. The second-order valence-electron chi connectivity index (χ2n) is 4.77. The van der Waals surface area contributed by atoms with E-state index >= 15 is 0 Å². The largest absolute Gasteiger partial charge is 0.366 e. The molecule has 0 aliphatic heterocycles. The average Bonchev–Trinajstić information content (AvgIpc) is 2.83. The summed E-state index contributed by atoms with van der Waals surface area (Å²) in [4.78, 5) is 10.9. The highest BCUT2D eigenvalue weighted by Gasteiger charge is 2.08. The minimum atomic E-state index is 0.0221. The van der Waals surface area contributed by atoms with Crippen molar-refractivity contribution in [2.45, 2.75) is 25.9 Å². The number of nitrogens with two attached hydrogens (primary N) is 1. The third kappa shape index (κ3) is 3.12. The molecule has 2 aromatic rings. The maximum Gasteiger partial charge on any atom is 0.127 e. The van der Waals surface area contributed by atoms with Crippen LogP contribution in [0.4, 0.5) is 5.69 Å². The maximum absolute atomic E-state index is 5.96. The molecule has 0 amide bonds. The number of anilines is 1. The van der Waals surface area contributed by atoms with Gasteiger partial charge < -0.3 is 15.2 Å². The summed E-state index contributed by atoms with van der Waals surface area (Å²) in [5.74, 6) is 1.02. The van der Waals surface area contributed by atoms with Gasteiger partial charge in [-0.05, 0) is 18.6 Å². The SMILES string of the molecule is CCC(N)c1ccc(N(C)Cc2nccn2C)cn1. The van der Waals surface area contributed by atoms with Crippen LogP contribution < -0.4 is 10.6 Å². The summed E-state index contributed by atoms with van der Waals surface area (Å²) in [5, 5.41) is 0. The van der Waals surface area contributed by atoms with Gasteiger partial charge in [0.2, 0.25) is 0 Å². The Kier molecular flexibility index (Phi) is 4.16. The van der Waals surface area contributed by atoms with Gasteiger partial charge in [0.25, 0.3) is 0 Å². The molecule has 2 N–H and O–H groups in total. The van der Waals surface area contributed by atoms with Crippen LogP contribution in [0.1, 0.15) is 30.9 Å². The van der Waals surface area contributed by atoms with E-state index in [1.54, 1.807) is 0 Å². The highest BCUT2D eigenvalue weighted by Crippen LogP contribution is 2.17. The van der Waals surface area contributed by atoms with Crippen molar-refractivity contribution in [1.82, 2.24) is 14.5 Å². The van der Waals surface area contributed by atoms with Crippen LogP contribution in [-0.4, -0.2) is 21.6 Å². The van der Waals surface area contributed by atoms with Crippen molar-refractivity contribution in [3.05, 3.63) is 42.2 Å². The molecule has 0 aliphatic carbocycles. The molecule has 1 atom stereocenters. The molecular formula is C14H21N5. The van der Waals surface area contributed by atoms with E-state index < -0.39 is 0 Å². The second-order valence-corrected chi connectivity index (χ2v) is 4.77. The molecule has 0 aliphatic rings. The molecule has 5 nitrogen and oxygen atoms in total. The maximum atomic E-state index is 5.96. The van der Waals surface area contributed by atoms with Crippen LogP contribution in [0.2, 0.25) is 0 Å². The molecular weight excluding hydrogens is 238 g/mol. The Bertz CT molecular complexity index is 517. The van der Waals surface area contributed by atoms with Crippen LogP contribution in [-0.2, 0) is 13.6 Å². The third-order valence-electron chi connectivity index (χ3n) is 3.33. The minimum absolute atomic E-state index is 0.0221. The van der Waals surface area contributed by atoms with Crippen LogP contribution in [0.25, 0.3) is 0 Å². The van der Waals surface area contributed by atoms with E-state index in [1.165, 1.54) is 0 Å². The molecule has 5 heteroatoms. The Morgan fingerprint density at radius 3 is 2.68 bits per heavy atom. The van der Waals surface area contributed by atoms with Crippen molar-refractivity contribution in [2.24, 2.45) is 12.8 Å². The summed E-state index contributed by atoms with van der Waals surface area (Å²) in [6.07, 6.45) is 6.53. The van der Waals surface area contributed by atoms with Crippen LogP contribution in [0.3, 0.4) is 0 Å². The molecule has 1 unspecified atom stereocenters. The standard InChI is InChI=1S/C14H21N5/c1-4-12(15)13-6-5-11(9-17-13)19(3)10-14-16-7-8-18(14)2/h5-9,12H,4,10,15H2,1-3H3. The second kappa shape index (κ2) is 5.84. The topological polar surface area (TPSA) is 60.0 Å². The lowest BCUT2D eigenvalue weighted by molar-refractivity contribution is 0.674. The van der Waals surface area contributed by atoms with Crippen LogP contribution in [0, 0.1) is 0 Å². The van der Waals surface area contributed by atoms with E-state index in [4.69, 9.17) is 5.73 Å². The first kappa shape index (κ1) is 13.5. The van der Waals surface area contributed by atoms with Gasteiger partial charge in [-0.2, -0.15) is 0 Å². The van der Waals surface area contributed by atoms with E-state index in [-0.39, 0.29) is 6.04 Å². The van der Waals surface area contributed by atoms with E-state index in [0.29, 0.717) is 0 Å². The molecule has 0 radical (unpaired) electrons. The first-order valence-corrected chi connectivity index (χ1v) is 6.50. The highest BCUT2D eigenvalue weighted by atomic mass is 15.2. The summed E-state index contributed by atoms with van der Waals surface area (Å²) >= 11 is 0. The number of rotatable bonds is 5. The smallest absolute Gasteiger partial charge is 0.127 e. The highest BCUT2D eigenvalue weighted by molar-refractivity contribution is 5.44. The number of hydrogen-bond acceptors (Lipinski definition) is 4. The zero-order chi connectivity index (χ0) is 13.8. The van der Waals surface area contributed by atoms with E-state index in [2.05, 4.69) is 27.9 Å². The Labute approximate surface area is 114 Å². The number of hydrogen-bond donors (Lipinski definition) is 1. The summed E-state index contributed by atoms with van der Waals surface area (Å²) < 4.78 is 2.02.